The molecule has 1 aliphatic heterocycles. The summed E-state index contributed by atoms with van der Waals surface area (Å²) >= 11 is 0. The van der Waals surface area contributed by atoms with Crippen LogP contribution in [0.4, 0.5) is 14.6 Å². The number of piperazine rings is 1. The Bertz CT molecular complexity index is 945. The van der Waals surface area contributed by atoms with Crippen LogP contribution < -0.4 is 10.2 Å². The fourth-order valence-corrected chi connectivity index (χ4v) is 3.72. The Labute approximate surface area is 167 Å². The maximum absolute atomic E-state index is 14.1. The van der Waals surface area contributed by atoms with Gasteiger partial charge in [-0.15, -0.1) is 0 Å². The number of halogens is 2. The Kier molecular flexibility index (Phi) is 5.16. The van der Waals surface area contributed by atoms with E-state index >= 15 is 0 Å². The average Bonchev–Trinajstić information content (AvgIpc) is 3.53. The molecule has 0 unspecified atom stereocenters. The number of anilines is 1. The first-order valence-electron chi connectivity index (χ1n) is 9.60. The third-order valence-corrected chi connectivity index (χ3v) is 5.61. The molecule has 1 aromatic heterocycles. The summed E-state index contributed by atoms with van der Waals surface area (Å²) in [5, 5.41) is 12.0. The molecule has 0 atom stereocenters. The number of aromatic nitrogens is 1. The van der Waals surface area contributed by atoms with Gasteiger partial charge < -0.3 is 9.80 Å². The summed E-state index contributed by atoms with van der Waals surface area (Å²) < 4.78 is 27.3. The maximum atomic E-state index is 14.1. The molecule has 1 amide bonds. The second kappa shape index (κ2) is 7.76. The van der Waals surface area contributed by atoms with Crippen molar-refractivity contribution in [2.45, 2.75) is 18.4 Å². The van der Waals surface area contributed by atoms with E-state index in [1.54, 1.807) is 17.2 Å². The largest absolute Gasteiger partial charge is 0.353 e. The van der Waals surface area contributed by atoms with Crippen molar-refractivity contribution in [2.75, 3.05) is 37.6 Å². The molecule has 1 aliphatic carbocycles. The molecular formula is C21H21F2N5O. The predicted octanol–water partition coefficient (Wildman–Crippen LogP) is 2.16. The SMILES string of the molecule is N#Cc1ccc(N2CCN(C(=O)CNC3(c4ccc(F)cc4F)CC3)CC2)nc1. The summed E-state index contributed by atoms with van der Waals surface area (Å²) in [5.41, 5.74) is 0.366. The molecule has 29 heavy (non-hydrogen) atoms. The molecule has 2 fully saturated rings. The molecule has 1 N–H and O–H groups in total. The van der Waals surface area contributed by atoms with E-state index in [1.807, 2.05) is 12.1 Å². The molecule has 0 bridgehead atoms. The van der Waals surface area contributed by atoms with Crippen LogP contribution in [0.5, 0.6) is 0 Å². The zero-order chi connectivity index (χ0) is 20.4. The van der Waals surface area contributed by atoms with Crippen molar-refractivity contribution in [2.24, 2.45) is 0 Å². The van der Waals surface area contributed by atoms with Gasteiger partial charge in [0.1, 0.15) is 23.5 Å². The number of hydrogen-bond acceptors (Lipinski definition) is 5. The standard InChI is InChI=1S/C21H21F2N5O/c22-16-2-3-17(18(23)11-16)21(5-6-21)26-14-20(29)28-9-7-27(8-10-28)19-4-1-15(12-24)13-25-19/h1-4,11,13,26H,5-10,14H2. The van der Waals surface area contributed by atoms with Gasteiger partial charge in [0.25, 0.3) is 0 Å². The summed E-state index contributed by atoms with van der Waals surface area (Å²) in [6, 6.07) is 9.18. The molecule has 1 saturated heterocycles. The molecule has 0 radical (unpaired) electrons. The molecular weight excluding hydrogens is 376 g/mol. The van der Waals surface area contributed by atoms with Crippen molar-refractivity contribution in [3.05, 3.63) is 59.3 Å². The number of rotatable bonds is 5. The number of benzene rings is 1. The number of hydrogen-bond donors (Lipinski definition) is 1. The van der Waals surface area contributed by atoms with Crippen molar-refractivity contribution in [3.8, 4) is 6.07 Å². The average molecular weight is 397 g/mol. The number of carbonyl (C=O) groups is 1. The number of pyridine rings is 1. The Balaban J connectivity index is 1.30. The fraction of sp³-hybridized carbons (Fsp3) is 0.381. The van der Waals surface area contributed by atoms with Gasteiger partial charge in [-0.3, -0.25) is 10.1 Å². The molecule has 2 aliphatic rings. The topological polar surface area (TPSA) is 72.3 Å². The van der Waals surface area contributed by atoms with Gasteiger partial charge >= 0.3 is 0 Å². The molecule has 8 heteroatoms. The van der Waals surface area contributed by atoms with Crippen molar-refractivity contribution in [3.63, 3.8) is 0 Å². The maximum Gasteiger partial charge on any atom is 0.236 e. The van der Waals surface area contributed by atoms with Crippen molar-refractivity contribution in [1.82, 2.24) is 15.2 Å². The lowest BCUT2D eigenvalue weighted by molar-refractivity contribution is -0.130. The lowest BCUT2D eigenvalue weighted by Gasteiger charge is -2.35. The van der Waals surface area contributed by atoms with E-state index in [9.17, 15) is 13.6 Å². The van der Waals surface area contributed by atoms with E-state index in [-0.39, 0.29) is 12.5 Å². The molecule has 6 nitrogen and oxygen atoms in total. The highest BCUT2D eigenvalue weighted by Crippen LogP contribution is 2.46. The van der Waals surface area contributed by atoms with Crippen LogP contribution in [0.3, 0.4) is 0 Å². The van der Waals surface area contributed by atoms with Gasteiger partial charge in [0.2, 0.25) is 5.91 Å². The van der Waals surface area contributed by atoms with Crippen LogP contribution >= 0.6 is 0 Å². The fourth-order valence-electron chi connectivity index (χ4n) is 3.72. The lowest BCUT2D eigenvalue weighted by atomic mass is 10.0. The van der Waals surface area contributed by atoms with Gasteiger partial charge in [0.05, 0.1) is 12.1 Å². The monoisotopic (exact) mass is 397 g/mol. The first-order chi connectivity index (χ1) is 14.0. The van der Waals surface area contributed by atoms with Crippen LogP contribution in [-0.2, 0) is 10.3 Å². The van der Waals surface area contributed by atoms with Gasteiger partial charge in [-0.1, -0.05) is 6.07 Å². The Hall–Kier alpha value is -3.05. The van der Waals surface area contributed by atoms with E-state index in [1.165, 1.54) is 12.1 Å². The molecule has 1 aromatic carbocycles. The van der Waals surface area contributed by atoms with Crippen LogP contribution in [0, 0.1) is 23.0 Å². The van der Waals surface area contributed by atoms with E-state index < -0.39 is 17.2 Å². The first-order valence-corrected chi connectivity index (χ1v) is 9.60. The molecule has 0 spiro atoms. The van der Waals surface area contributed by atoms with Gasteiger partial charge in [0.15, 0.2) is 0 Å². The molecule has 150 valence electrons. The van der Waals surface area contributed by atoms with Crippen LogP contribution in [0.25, 0.3) is 0 Å². The highest BCUT2D eigenvalue weighted by atomic mass is 19.1. The van der Waals surface area contributed by atoms with Crippen LogP contribution in [0.2, 0.25) is 0 Å². The highest BCUT2D eigenvalue weighted by molar-refractivity contribution is 5.78. The minimum atomic E-state index is -0.604. The van der Waals surface area contributed by atoms with Gasteiger partial charge in [-0.2, -0.15) is 5.26 Å². The van der Waals surface area contributed by atoms with Crippen molar-refractivity contribution in [1.29, 1.82) is 5.26 Å². The molecule has 1 saturated carbocycles. The van der Waals surface area contributed by atoms with Crippen LogP contribution in [0.1, 0.15) is 24.0 Å². The zero-order valence-corrected chi connectivity index (χ0v) is 15.9. The van der Waals surface area contributed by atoms with Gasteiger partial charge in [-0.25, -0.2) is 13.8 Å². The van der Waals surface area contributed by atoms with E-state index in [0.717, 1.165) is 24.7 Å². The molecule has 2 heterocycles. The quantitative estimate of drug-likeness (QED) is 0.837. The van der Waals surface area contributed by atoms with Crippen LogP contribution in [-0.4, -0.2) is 48.5 Å². The Morgan fingerprint density at radius 2 is 1.93 bits per heavy atom. The first kappa shape index (κ1) is 19.3. The van der Waals surface area contributed by atoms with E-state index in [0.29, 0.717) is 37.3 Å². The minimum absolute atomic E-state index is 0.0359. The van der Waals surface area contributed by atoms with E-state index in [2.05, 4.69) is 15.2 Å². The third-order valence-electron chi connectivity index (χ3n) is 5.61. The molecule has 2 aromatic rings. The summed E-state index contributed by atoms with van der Waals surface area (Å²) in [7, 11) is 0. The number of amides is 1. The number of nitrogens with one attached hydrogen (secondary N) is 1. The van der Waals surface area contributed by atoms with Crippen molar-refractivity contribution >= 4 is 11.7 Å². The van der Waals surface area contributed by atoms with Gasteiger partial charge in [-0.05, 0) is 31.0 Å². The minimum Gasteiger partial charge on any atom is -0.353 e. The number of nitrogens with zero attached hydrogens (tertiary/aromatic N) is 4. The summed E-state index contributed by atoms with van der Waals surface area (Å²) in [6.07, 6.45) is 2.99. The van der Waals surface area contributed by atoms with E-state index in [4.69, 9.17) is 5.26 Å². The van der Waals surface area contributed by atoms with Gasteiger partial charge in [0, 0.05) is 49.5 Å². The normalized spacial score (nSPS) is 17.7. The zero-order valence-electron chi connectivity index (χ0n) is 15.9. The second-order valence-corrected chi connectivity index (χ2v) is 7.44. The summed E-state index contributed by atoms with van der Waals surface area (Å²) in [6.45, 7) is 2.57. The predicted molar refractivity (Wildman–Crippen MR) is 103 cm³/mol. The van der Waals surface area contributed by atoms with Crippen molar-refractivity contribution < 1.29 is 13.6 Å². The summed E-state index contributed by atoms with van der Waals surface area (Å²) in [4.78, 5) is 20.8. The molecule has 4 rings (SSSR count). The Morgan fingerprint density at radius 3 is 2.52 bits per heavy atom. The summed E-state index contributed by atoms with van der Waals surface area (Å²) in [5.74, 6) is -0.428. The Morgan fingerprint density at radius 1 is 1.17 bits per heavy atom. The number of carbonyl (C=O) groups excluding carboxylic acids is 1. The number of nitriles is 1. The highest BCUT2D eigenvalue weighted by Gasteiger charge is 2.46. The smallest absolute Gasteiger partial charge is 0.236 e. The third kappa shape index (κ3) is 4.05. The lowest BCUT2D eigenvalue weighted by Crippen LogP contribution is -2.51. The second-order valence-electron chi connectivity index (χ2n) is 7.44. The van der Waals surface area contributed by atoms with Crippen LogP contribution in [0.15, 0.2) is 36.5 Å².